The summed E-state index contributed by atoms with van der Waals surface area (Å²) in [7, 11) is -3.69. The Morgan fingerprint density at radius 1 is 1.41 bits per heavy atom. The number of carboxylic acid groups (broad SMARTS) is 1. The largest absolute Gasteiger partial charge is 0.545 e. The van der Waals surface area contributed by atoms with Crippen molar-refractivity contribution in [3.8, 4) is 0 Å². The molecule has 0 aromatic heterocycles. The second-order valence-corrected chi connectivity index (χ2v) is 6.27. The van der Waals surface area contributed by atoms with E-state index in [-0.39, 0.29) is 21.0 Å². The summed E-state index contributed by atoms with van der Waals surface area (Å²) < 4.78 is 26.2. The average molecular weight is 321 g/mol. The van der Waals surface area contributed by atoms with Gasteiger partial charge in [-0.15, -0.1) is 0 Å². The Kier molecular flexibility index (Phi) is 4.29. The highest BCUT2D eigenvalue weighted by Crippen LogP contribution is 2.20. The van der Waals surface area contributed by atoms with E-state index < -0.39 is 16.0 Å². The third kappa shape index (κ3) is 3.52. The standard InChI is InChI=1S/C10H12BrNO4S/c1-6(2)12-17(15,16)7-3-4-9(11)8(5-7)10(13)14/h3-6,12H,1-2H3,(H,13,14)/p-1. The fraction of sp³-hybridized carbons (Fsp3) is 0.300. The first-order chi connectivity index (χ1) is 7.74. The van der Waals surface area contributed by atoms with Crippen molar-refractivity contribution in [3.63, 3.8) is 0 Å². The van der Waals surface area contributed by atoms with Crippen molar-refractivity contribution < 1.29 is 18.3 Å². The number of benzene rings is 1. The quantitative estimate of drug-likeness (QED) is 0.875. The number of carbonyl (C=O) groups is 1. The van der Waals surface area contributed by atoms with Gasteiger partial charge in [-0.05, 0) is 32.0 Å². The van der Waals surface area contributed by atoms with Gasteiger partial charge in [0.15, 0.2) is 0 Å². The van der Waals surface area contributed by atoms with Crippen LogP contribution in [0.1, 0.15) is 24.2 Å². The minimum absolute atomic E-state index is 0.103. The number of aromatic carboxylic acids is 1. The normalized spacial score (nSPS) is 11.8. The number of hydrogen-bond acceptors (Lipinski definition) is 4. The molecule has 0 atom stereocenters. The lowest BCUT2D eigenvalue weighted by Crippen LogP contribution is -2.30. The predicted octanol–water partition coefficient (Wildman–Crippen LogP) is 0.499. The molecule has 0 radical (unpaired) electrons. The van der Waals surface area contributed by atoms with E-state index >= 15 is 0 Å². The number of hydrogen-bond donors (Lipinski definition) is 1. The van der Waals surface area contributed by atoms with Crippen LogP contribution in [0.4, 0.5) is 0 Å². The summed E-state index contributed by atoms with van der Waals surface area (Å²) in [5.41, 5.74) is -0.198. The molecule has 0 saturated carbocycles. The zero-order valence-electron chi connectivity index (χ0n) is 9.23. The molecule has 0 heterocycles. The number of rotatable bonds is 4. The van der Waals surface area contributed by atoms with Crippen molar-refractivity contribution in [2.75, 3.05) is 0 Å². The van der Waals surface area contributed by atoms with E-state index in [2.05, 4.69) is 20.7 Å². The lowest BCUT2D eigenvalue weighted by molar-refractivity contribution is -0.255. The summed E-state index contributed by atoms with van der Waals surface area (Å²) in [5.74, 6) is -1.43. The minimum Gasteiger partial charge on any atom is -0.545 e. The van der Waals surface area contributed by atoms with E-state index in [9.17, 15) is 18.3 Å². The van der Waals surface area contributed by atoms with Crippen molar-refractivity contribution in [1.29, 1.82) is 0 Å². The molecule has 1 aromatic carbocycles. The molecule has 0 saturated heterocycles. The molecule has 0 aliphatic rings. The molecule has 1 rings (SSSR count). The highest BCUT2D eigenvalue weighted by atomic mass is 79.9. The SMILES string of the molecule is CC(C)NS(=O)(=O)c1ccc(Br)c(C(=O)[O-])c1. The van der Waals surface area contributed by atoms with Crippen molar-refractivity contribution in [2.45, 2.75) is 24.8 Å². The second kappa shape index (κ2) is 5.16. The van der Waals surface area contributed by atoms with Gasteiger partial charge in [0.05, 0.1) is 10.9 Å². The summed E-state index contributed by atoms with van der Waals surface area (Å²) in [5, 5.41) is 10.8. The number of halogens is 1. The van der Waals surface area contributed by atoms with E-state index in [1.807, 2.05) is 0 Å². The van der Waals surface area contributed by atoms with Gasteiger partial charge in [-0.3, -0.25) is 0 Å². The van der Waals surface area contributed by atoms with E-state index in [0.717, 1.165) is 6.07 Å². The van der Waals surface area contributed by atoms with Gasteiger partial charge in [-0.1, -0.05) is 15.9 Å². The molecule has 1 N–H and O–H groups in total. The lowest BCUT2D eigenvalue weighted by Gasteiger charge is -2.12. The van der Waals surface area contributed by atoms with Crippen molar-refractivity contribution in [2.24, 2.45) is 0 Å². The first-order valence-corrected chi connectivity index (χ1v) is 7.05. The zero-order chi connectivity index (χ0) is 13.2. The topological polar surface area (TPSA) is 86.3 Å². The van der Waals surface area contributed by atoms with Gasteiger partial charge in [0.1, 0.15) is 0 Å². The monoisotopic (exact) mass is 320 g/mol. The summed E-state index contributed by atoms with van der Waals surface area (Å²) >= 11 is 3.01. The smallest absolute Gasteiger partial charge is 0.240 e. The third-order valence-electron chi connectivity index (χ3n) is 1.86. The van der Waals surface area contributed by atoms with Gasteiger partial charge in [0.2, 0.25) is 10.0 Å². The Morgan fingerprint density at radius 3 is 2.47 bits per heavy atom. The van der Waals surface area contributed by atoms with E-state index in [4.69, 9.17) is 0 Å². The van der Waals surface area contributed by atoms with Crippen LogP contribution in [-0.2, 0) is 10.0 Å². The molecular weight excluding hydrogens is 310 g/mol. The van der Waals surface area contributed by atoms with E-state index in [0.29, 0.717) is 0 Å². The van der Waals surface area contributed by atoms with Crippen LogP contribution in [0.5, 0.6) is 0 Å². The predicted molar refractivity (Wildman–Crippen MR) is 63.9 cm³/mol. The third-order valence-corrected chi connectivity index (χ3v) is 4.21. The van der Waals surface area contributed by atoms with Crippen LogP contribution in [0.3, 0.4) is 0 Å². The van der Waals surface area contributed by atoms with Crippen LogP contribution in [0.15, 0.2) is 27.6 Å². The average Bonchev–Trinajstić information content (AvgIpc) is 2.15. The fourth-order valence-corrected chi connectivity index (χ4v) is 2.89. The number of sulfonamides is 1. The molecule has 1 aromatic rings. The molecule has 0 unspecified atom stereocenters. The maximum atomic E-state index is 11.8. The molecule has 0 fully saturated rings. The Morgan fingerprint density at radius 2 is 2.00 bits per heavy atom. The highest BCUT2D eigenvalue weighted by molar-refractivity contribution is 9.10. The summed E-state index contributed by atoms with van der Waals surface area (Å²) in [6.45, 7) is 3.35. The molecule has 0 aliphatic carbocycles. The minimum atomic E-state index is -3.69. The van der Waals surface area contributed by atoms with Crippen LogP contribution in [0.25, 0.3) is 0 Å². The Bertz CT molecular complexity index is 539. The first kappa shape index (κ1) is 14.1. The van der Waals surface area contributed by atoms with Gasteiger partial charge < -0.3 is 9.90 Å². The van der Waals surface area contributed by atoms with Gasteiger partial charge in [-0.25, -0.2) is 13.1 Å². The van der Waals surface area contributed by atoms with Crippen LogP contribution >= 0.6 is 15.9 Å². The van der Waals surface area contributed by atoms with Crippen LogP contribution in [-0.4, -0.2) is 20.4 Å². The maximum Gasteiger partial charge on any atom is 0.240 e. The number of nitrogens with one attached hydrogen (secondary N) is 1. The Balaban J connectivity index is 3.25. The molecule has 7 heteroatoms. The zero-order valence-corrected chi connectivity index (χ0v) is 11.6. The van der Waals surface area contributed by atoms with Crippen LogP contribution in [0.2, 0.25) is 0 Å². The maximum absolute atomic E-state index is 11.8. The molecule has 94 valence electrons. The summed E-state index contributed by atoms with van der Waals surface area (Å²) in [4.78, 5) is 10.7. The Hall–Kier alpha value is -0.920. The second-order valence-electron chi connectivity index (χ2n) is 3.71. The molecule has 5 nitrogen and oxygen atoms in total. The summed E-state index contributed by atoms with van der Waals surface area (Å²) in [6, 6.07) is 3.47. The van der Waals surface area contributed by atoms with Crippen molar-refractivity contribution >= 4 is 31.9 Å². The van der Waals surface area contributed by atoms with Crippen molar-refractivity contribution in [3.05, 3.63) is 28.2 Å². The van der Waals surface area contributed by atoms with Crippen molar-refractivity contribution in [1.82, 2.24) is 4.72 Å². The van der Waals surface area contributed by atoms with Crippen LogP contribution < -0.4 is 9.83 Å². The van der Waals surface area contributed by atoms with Gasteiger partial charge in [-0.2, -0.15) is 0 Å². The summed E-state index contributed by atoms with van der Waals surface area (Å²) in [6.07, 6.45) is 0. The molecule has 0 amide bonds. The number of carbonyl (C=O) groups excluding carboxylic acids is 1. The molecule has 17 heavy (non-hydrogen) atoms. The van der Waals surface area contributed by atoms with Gasteiger partial charge >= 0.3 is 0 Å². The van der Waals surface area contributed by atoms with Gasteiger partial charge in [0.25, 0.3) is 0 Å². The Labute approximate surface area is 108 Å². The lowest BCUT2D eigenvalue weighted by atomic mass is 10.2. The number of carboxylic acids is 1. The molecule has 0 aliphatic heterocycles. The first-order valence-electron chi connectivity index (χ1n) is 4.77. The van der Waals surface area contributed by atoms with E-state index in [1.165, 1.54) is 12.1 Å². The molecule has 0 spiro atoms. The van der Waals surface area contributed by atoms with E-state index in [1.54, 1.807) is 13.8 Å². The fourth-order valence-electron chi connectivity index (χ4n) is 1.21. The molecular formula is C10H11BrNO4S-. The van der Waals surface area contributed by atoms with Gasteiger partial charge in [0, 0.05) is 16.1 Å². The van der Waals surface area contributed by atoms with Crippen LogP contribution in [0, 0.1) is 0 Å². The molecule has 0 bridgehead atoms. The highest BCUT2D eigenvalue weighted by Gasteiger charge is 2.16.